The summed E-state index contributed by atoms with van der Waals surface area (Å²) in [7, 11) is -0.467. The Labute approximate surface area is 112 Å². The van der Waals surface area contributed by atoms with Crippen molar-refractivity contribution in [2.75, 3.05) is 13.7 Å². The van der Waals surface area contributed by atoms with Crippen molar-refractivity contribution in [2.24, 2.45) is 0 Å². The molecule has 5 heteroatoms. The van der Waals surface area contributed by atoms with Gasteiger partial charge in [-0.3, -0.25) is 9.13 Å². The van der Waals surface area contributed by atoms with Crippen LogP contribution in [0.5, 0.6) is 0 Å². The summed E-state index contributed by atoms with van der Waals surface area (Å²) in [5.41, 5.74) is 0. The van der Waals surface area contributed by atoms with Crippen molar-refractivity contribution < 1.29 is 8.85 Å². The lowest BCUT2D eigenvalue weighted by Gasteiger charge is -2.43. The van der Waals surface area contributed by atoms with Crippen LogP contribution in [-0.4, -0.2) is 55.9 Å². The van der Waals surface area contributed by atoms with E-state index in [0.29, 0.717) is 24.2 Å². The Morgan fingerprint density at radius 2 is 1.50 bits per heavy atom. The smallest absolute Gasteiger partial charge is 0.374 e. The quantitative estimate of drug-likeness (QED) is 0.715. The summed E-state index contributed by atoms with van der Waals surface area (Å²) >= 11 is 0. The number of rotatable bonds is 2. The molecular formula is C13H26N2O2Si. The van der Waals surface area contributed by atoms with Gasteiger partial charge in [0.25, 0.3) is 0 Å². The molecule has 0 aromatic heterocycles. The van der Waals surface area contributed by atoms with Crippen LogP contribution in [0, 0.1) is 0 Å². The van der Waals surface area contributed by atoms with E-state index in [9.17, 15) is 0 Å². The summed E-state index contributed by atoms with van der Waals surface area (Å²) in [5.74, 6) is 0. The Morgan fingerprint density at radius 1 is 0.944 bits per heavy atom. The first kappa shape index (κ1) is 13.1. The lowest BCUT2D eigenvalue weighted by atomic mass is 10.2. The van der Waals surface area contributed by atoms with Crippen molar-refractivity contribution in [3.63, 3.8) is 0 Å². The Balaban J connectivity index is 1.94. The maximum Gasteiger partial charge on any atom is 0.523 e. The van der Waals surface area contributed by atoms with Crippen molar-refractivity contribution in [3.8, 4) is 0 Å². The normalized spacial score (nSPS) is 50.0. The number of nitrogens with zero attached hydrogens (tertiary/aromatic N) is 2. The minimum Gasteiger partial charge on any atom is -0.374 e. The molecule has 0 bridgehead atoms. The van der Waals surface area contributed by atoms with Gasteiger partial charge in [-0.2, -0.15) is 0 Å². The molecule has 0 saturated carbocycles. The van der Waals surface area contributed by atoms with Gasteiger partial charge < -0.3 is 8.85 Å². The maximum atomic E-state index is 6.32. The van der Waals surface area contributed by atoms with Gasteiger partial charge in [0.15, 0.2) is 0 Å². The average molecular weight is 270 g/mol. The predicted molar refractivity (Wildman–Crippen MR) is 73.0 cm³/mol. The van der Waals surface area contributed by atoms with E-state index in [4.69, 9.17) is 8.85 Å². The van der Waals surface area contributed by atoms with E-state index in [1.165, 1.54) is 25.7 Å². The second-order valence-electron chi connectivity index (χ2n) is 6.23. The van der Waals surface area contributed by atoms with Gasteiger partial charge in [0.1, 0.15) is 0 Å². The van der Waals surface area contributed by atoms with Crippen LogP contribution in [0.25, 0.3) is 0 Å². The van der Waals surface area contributed by atoms with Gasteiger partial charge in [-0.1, -0.05) is 0 Å². The van der Waals surface area contributed by atoms with Crippen molar-refractivity contribution >= 4 is 8.88 Å². The highest BCUT2D eigenvalue weighted by molar-refractivity contribution is 6.62. The summed E-state index contributed by atoms with van der Waals surface area (Å²) in [6.45, 7) is 7.87. The van der Waals surface area contributed by atoms with Gasteiger partial charge in [-0.05, 0) is 46.5 Å². The fourth-order valence-corrected chi connectivity index (χ4v) is 8.49. The number of hydrogen-bond donors (Lipinski definition) is 0. The third-order valence-corrected chi connectivity index (χ3v) is 9.19. The zero-order valence-corrected chi connectivity index (χ0v) is 13.1. The molecule has 3 rings (SSSR count). The molecule has 3 aliphatic heterocycles. The van der Waals surface area contributed by atoms with Crippen LogP contribution in [0.1, 0.15) is 46.5 Å². The summed E-state index contributed by atoms with van der Waals surface area (Å²) in [5, 5.41) is 0. The molecule has 104 valence electrons. The largest absolute Gasteiger partial charge is 0.523 e. The average Bonchev–Trinajstić information content (AvgIpc) is 2.99. The van der Waals surface area contributed by atoms with E-state index in [1.807, 2.05) is 7.11 Å². The Kier molecular flexibility index (Phi) is 3.31. The molecule has 0 amide bonds. The van der Waals surface area contributed by atoms with E-state index >= 15 is 0 Å². The molecule has 4 nitrogen and oxygen atoms in total. The molecule has 5 atom stereocenters. The van der Waals surface area contributed by atoms with Crippen LogP contribution in [0.15, 0.2) is 0 Å². The summed E-state index contributed by atoms with van der Waals surface area (Å²) in [6.07, 6.45) is 5.11. The zero-order valence-electron chi connectivity index (χ0n) is 12.1. The molecule has 0 aromatic carbocycles. The SMILES string of the molecule is CO[Si]1(N2C(C)CCC2C)OCC2CCC(C)N21. The van der Waals surface area contributed by atoms with Crippen molar-refractivity contribution in [3.05, 3.63) is 0 Å². The van der Waals surface area contributed by atoms with E-state index in [2.05, 4.69) is 29.9 Å². The monoisotopic (exact) mass is 270 g/mol. The molecule has 3 heterocycles. The van der Waals surface area contributed by atoms with Gasteiger partial charge >= 0.3 is 8.88 Å². The van der Waals surface area contributed by atoms with Crippen LogP contribution in [0.3, 0.4) is 0 Å². The second-order valence-corrected chi connectivity index (χ2v) is 9.06. The molecule has 18 heavy (non-hydrogen) atoms. The number of fused-ring (bicyclic) bond motifs is 1. The van der Waals surface area contributed by atoms with Crippen molar-refractivity contribution in [1.29, 1.82) is 0 Å². The molecule has 0 N–H and O–H groups in total. The lowest BCUT2D eigenvalue weighted by Crippen LogP contribution is -2.69. The first-order valence-corrected chi connectivity index (χ1v) is 9.07. The summed E-state index contributed by atoms with van der Waals surface area (Å²) < 4.78 is 17.6. The van der Waals surface area contributed by atoms with Crippen LogP contribution in [0.4, 0.5) is 0 Å². The van der Waals surface area contributed by atoms with Crippen LogP contribution in [0.2, 0.25) is 0 Å². The van der Waals surface area contributed by atoms with E-state index < -0.39 is 8.88 Å². The van der Waals surface area contributed by atoms with E-state index in [1.54, 1.807) is 0 Å². The van der Waals surface area contributed by atoms with Gasteiger partial charge in [0.2, 0.25) is 0 Å². The molecule has 3 fully saturated rings. The molecular weight excluding hydrogens is 244 g/mol. The predicted octanol–water partition coefficient (Wildman–Crippen LogP) is 1.82. The van der Waals surface area contributed by atoms with Gasteiger partial charge in [0, 0.05) is 31.3 Å². The fourth-order valence-electron chi connectivity index (χ4n) is 4.25. The first-order chi connectivity index (χ1) is 8.60. The topological polar surface area (TPSA) is 24.9 Å². The highest BCUT2D eigenvalue weighted by Gasteiger charge is 2.64. The molecule has 0 aromatic rings. The number of hydrogen-bond acceptors (Lipinski definition) is 4. The van der Waals surface area contributed by atoms with Crippen LogP contribution in [-0.2, 0) is 8.85 Å². The van der Waals surface area contributed by atoms with Gasteiger partial charge in [-0.15, -0.1) is 0 Å². The third-order valence-electron chi connectivity index (χ3n) is 5.12. The maximum absolute atomic E-state index is 6.32. The summed E-state index contributed by atoms with van der Waals surface area (Å²) in [4.78, 5) is 0. The minimum atomic E-state index is -2.33. The van der Waals surface area contributed by atoms with Crippen molar-refractivity contribution in [1.82, 2.24) is 9.13 Å². The molecule has 3 aliphatic rings. The zero-order chi connectivity index (χ0) is 12.9. The minimum absolute atomic E-state index is 0.596. The molecule has 0 aliphatic carbocycles. The van der Waals surface area contributed by atoms with E-state index in [-0.39, 0.29) is 0 Å². The van der Waals surface area contributed by atoms with Gasteiger partial charge in [-0.25, -0.2) is 0 Å². The molecule has 0 radical (unpaired) electrons. The standard InChI is InChI=1S/C13H26N2O2Si/c1-10-5-6-11(2)14(10)18(16-4)15-12(3)7-8-13(15)9-17-18/h10-13H,5-9H2,1-4H3. The molecule has 3 saturated heterocycles. The Morgan fingerprint density at radius 3 is 2.11 bits per heavy atom. The fraction of sp³-hybridized carbons (Fsp3) is 1.00. The van der Waals surface area contributed by atoms with Crippen LogP contribution < -0.4 is 0 Å². The van der Waals surface area contributed by atoms with Crippen LogP contribution >= 0.6 is 0 Å². The third kappa shape index (κ3) is 1.64. The molecule has 5 unspecified atom stereocenters. The van der Waals surface area contributed by atoms with Gasteiger partial charge in [0.05, 0.1) is 6.61 Å². The first-order valence-electron chi connectivity index (χ1n) is 7.36. The highest BCUT2D eigenvalue weighted by atomic mass is 28.4. The lowest BCUT2D eigenvalue weighted by molar-refractivity contribution is 0.105. The van der Waals surface area contributed by atoms with Crippen molar-refractivity contribution in [2.45, 2.75) is 70.6 Å². The Hall–Kier alpha value is 0.0569. The summed E-state index contributed by atoms with van der Waals surface area (Å²) in [6, 6.07) is 2.41. The molecule has 0 spiro atoms. The highest BCUT2D eigenvalue weighted by Crippen LogP contribution is 2.42. The van der Waals surface area contributed by atoms with E-state index in [0.717, 1.165) is 6.61 Å². The Bertz CT molecular complexity index is 320. The second kappa shape index (κ2) is 4.56.